The third kappa shape index (κ3) is 4.49. The van der Waals surface area contributed by atoms with E-state index in [-0.39, 0.29) is 0 Å². The van der Waals surface area contributed by atoms with Crippen LogP contribution in [0.3, 0.4) is 0 Å². The predicted molar refractivity (Wildman–Crippen MR) is 89.1 cm³/mol. The van der Waals surface area contributed by atoms with E-state index in [1.165, 1.54) is 0 Å². The summed E-state index contributed by atoms with van der Waals surface area (Å²) in [5.74, 6) is 0.777. The molecule has 2 nitrogen and oxygen atoms in total. The fourth-order valence-corrected chi connectivity index (χ4v) is 3.07. The Hall–Kier alpha value is -1.06. The van der Waals surface area contributed by atoms with Gasteiger partial charge in [-0.25, -0.2) is 0 Å². The van der Waals surface area contributed by atoms with Gasteiger partial charge in [0, 0.05) is 0 Å². The molecule has 1 aromatic carbocycles. The first-order valence-electron chi connectivity index (χ1n) is 7.16. The number of hydrogen-bond acceptors (Lipinski definition) is 2. The molecule has 0 aliphatic carbocycles. The van der Waals surface area contributed by atoms with Crippen LogP contribution in [0.1, 0.15) is 32.4 Å². The maximum absolute atomic E-state index is 10.2. The molecule has 1 unspecified atom stereocenters. The summed E-state index contributed by atoms with van der Waals surface area (Å²) in [6, 6.07) is 8.66. The van der Waals surface area contributed by atoms with Crippen LogP contribution in [0, 0.1) is 0 Å². The van der Waals surface area contributed by atoms with Crippen LogP contribution in [0.15, 0.2) is 36.4 Å². The highest BCUT2D eigenvalue weighted by Gasteiger charge is 2.33. The number of ether oxygens (including phenoxy) is 1. The molecule has 0 radical (unpaired) electrons. The highest BCUT2D eigenvalue weighted by atomic mass is 28.3. The number of aliphatic hydroxyl groups is 1. The third-order valence-corrected chi connectivity index (χ3v) is 9.73. The molecule has 0 aliphatic heterocycles. The van der Waals surface area contributed by atoms with E-state index in [2.05, 4.69) is 39.9 Å². The third-order valence-electron chi connectivity index (χ3n) is 4.41. The minimum atomic E-state index is -1.31. The minimum Gasteiger partial charge on any atom is -0.497 e. The maximum atomic E-state index is 10.2. The molecule has 112 valence electrons. The Labute approximate surface area is 124 Å². The Bertz CT molecular complexity index is 458. The van der Waals surface area contributed by atoms with Gasteiger partial charge in [-0.15, -0.1) is 0 Å². The van der Waals surface area contributed by atoms with Crippen molar-refractivity contribution in [2.75, 3.05) is 7.11 Å². The molecule has 0 saturated heterocycles. The fraction of sp³-hybridized carbons (Fsp3) is 0.529. The standard InChI is InChI=1S/C17H28O2Si/c1-17(2,3)20(5,6)12-8-11-16(18)14-9-7-10-15(13-14)19-4/h7-11,13,16,18H,12H2,1-6H3/b11-8-. The average molecular weight is 292 g/mol. The van der Waals surface area contributed by atoms with E-state index in [1.54, 1.807) is 7.11 Å². The molecular formula is C17H28O2Si. The Morgan fingerprint density at radius 1 is 1.30 bits per heavy atom. The van der Waals surface area contributed by atoms with Crippen LogP contribution < -0.4 is 4.74 Å². The Kier molecular flexibility index (Phi) is 5.60. The zero-order chi connectivity index (χ0) is 15.4. The minimum absolute atomic E-state index is 0.373. The highest BCUT2D eigenvalue weighted by molar-refractivity contribution is 6.80. The van der Waals surface area contributed by atoms with Crippen LogP contribution in [0.25, 0.3) is 0 Å². The molecule has 1 atom stereocenters. The summed E-state index contributed by atoms with van der Waals surface area (Å²) in [6.45, 7) is 11.7. The van der Waals surface area contributed by atoms with Gasteiger partial charge in [0.1, 0.15) is 5.75 Å². The molecule has 0 aliphatic rings. The van der Waals surface area contributed by atoms with Crippen LogP contribution >= 0.6 is 0 Å². The summed E-state index contributed by atoms with van der Waals surface area (Å²) < 4.78 is 5.18. The molecule has 0 saturated carbocycles. The largest absolute Gasteiger partial charge is 0.497 e. The van der Waals surface area contributed by atoms with Crippen molar-refractivity contribution in [3.05, 3.63) is 42.0 Å². The molecule has 0 heterocycles. The van der Waals surface area contributed by atoms with Gasteiger partial charge in [-0.1, -0.05) is 58.2 Å². The molecule has 0 aromatic heterocycles. The number of allylic oxidation sites excluding steroid dienone is 1. The number of rotatable bonds is 5. The molecule has 0 spiro atoms. The number of methoxy groups -OCH3 is 1. The summed E-state index contributed by atoms with van der Waals surface area (Å²) in [4.78, 5) is 0. The molecule has 3 heteroatoms. The number of aliphatic hydroxyl groups excluding tert-OH is 1. The van der Waals surface area contributed by atoms with Crippen molar-refractivity contribution in [3.8, 4) is 5.75 Å². The number of hydrogen-bond donors (Lipinski definition) is 1. The van der Waals surface area contributed by atoms with Gasteiger partial charge in [-0.2, -0.15) is 0 Å². The van der Waals surface area contributed by atoms with Crippen molar-refractivity contribution in [2.45, 2.75) is 51.1 Å². The van der Waals surface area contributed by atoms with E-state index < -0.39 is 14.2 Å². The van der Waals surface area contributed by atoms with Crippen LogP contribution in [-0.4, -0.2) is 20.3 Å². The zero-order valence-electron chi connectivity index (χ0n) is 13.6. The lowest BCUT2D eigenvalue weighted by atomic mass is 10.1. The molecular weight excluding hydrogens is 264 g/mol. The van der Waals surface area contributed by atoms with Crippen molar-refractivity contribution in [3.63, 3.8) is 0 Å². The molecule has 1 rings (SSSR count). The van der Waals surface area contributed by atoms with Gasteiger partial charge in [0.2, 0.25) is 0 Å². The monoisotopic (exact) mass is 292 g/mol. The average Bonchev–Trinajstić information content (AvgIpc) is 2.37. The molecule has 0 fully saturated rings. The van der Waals surface area contributed by atoms with Crippen molar-refractivity contribution >= 4 is 8.07 Å². The van der Waals surface area contributed by atoms with Crippen molar-refractivity contribution in [1.82, 2.24) is 0 Å². The number of benzene rings is 1. The molecule has 20 heavy (non-hydrogen) atoms. The van der Waals surface area contributed by atoms with Gasteiger partial charge in [0.25, 0.3) is 0 Å². The maximum Gasteiger partial charge on any atom is 0.119 e. The lowest BCUT2D eigenvalue weighted by molar-refractivity contribution is 0.228. The zero-order valence-corrected chi connectivity index (χ0v) is 14.6. The lowest BCUT2D eigenvalue weighted by Gasteiger charge is -2.36. The predicted octanol–water partition coefficient (Wildman–Crippen LogP) is 4.79. The van der Waals surface area contributed by atoms with Crippen molar-refractivity contribution in [2.24, 2.45) is 0 Å². The second-order valence-electron chi connectivity index (χ2n) is 6.99. The van der Waals surface area contributed by atoms with E-state index in [0.717, 1.165) is 17.4 Å². The van der Waals surface area contributed by atoms with Gasteiger partial charge < -0.3 is 9.84 Å². The Morgan fingerprint density at radius 3 is 2.50 bits per heavy atom. The smallest absolute Gasteiger partial charge is 0.119 e. The molecule has 1 N–H and O–H groups in total. The SMILES string of the molecule is COc1cccc(C(O)/C=C\C[Si](C)(C)C(C)(C)C)c1. The van der Waals surface area contributed by atoms with E-state index >= 15 is 0 Å². The second kappa shape index (κ2) is 6.59. The summed E-state index contributed by atoms with van der Waals surface area (Å²) >= 11 is 0. The molecule has 1 aromatic rings. The van der Waals surface area contributed by atoms with Crippen LogP contribution in [-0.2, 0) is 0 Å². The van der Waals surface area contributed by atoms with E-state index in [1.807, 2.05) is 30.3 Å². The topological polar surface area (TPSA) is 29.5 Å². The van der Waals surface area contributed by atoms with Crippen LogP contribution in [0.5, 0.6) is 5.75 Å². The summed E-state index contributed by atoms with van der Waals surface area (Å²) in [5.41, 5.74) is 0.871. The summed E-state index contributed by atoms with van der Waals surface area (Å²) in [6.07, 6.45) is 3.48. The van der Waals surface area contributed by atoms with Gasteiger partial charge >= 0.3 is 0 Å². The first-order chi connectivity index (χ1) is 9.17. The van der Waals surface area contributed by atoms with E-state index in [9.17, 15) is 5.11 Å². The highest BCUT2D eigenvalue weighted by Crippen LogP contribution is 2.38. The van der Waals surface area contributed by atoms with Gasteiger partial charge in [-0.3, -0.25) is 0 Å². The summed E-state index contributed by atoms with van der Waals surface area (Å²) in [7, 11) is 0.325. The van der Waals surface area contributed by atoms with Gasteiger partial charge in [-0.05, 0) is 28.8 Å². The quantitative estimate of drug-likeness (QED) is 0.624. The van der Waals surface area contributed by atoms with Gasteiger partial charge in [0.05, 0.1) is 21.3 Å². The Balaban J connectivity index is 2.70. The van der Waals surface area contributed by atoms with E-state index in [0.29, 0.717) is 5.04 Å². The first-order valence-corrected chi connectivity index (χ1v) is 10.4. The summed E-state index contributed by atoms with van der Waals surface area (Å²) in [5, 5.41) is 10.6. The lowest BCUT2D eigenvalue weighted by Crippen LogP contribution is -2.36. The van der Waals surface area contributed by atoms with Crippen LogP contribution in [0.4, 0.5) is 0 Å². The van der Waals surface area contributed by atoms with Crippen molar-refractivity contribution in [1.29, 1.82) is 0 Å². The Morgan fingerprint density at radius 2 is 1.95 bits per heavy atom. The second-order valence-corrected chi connectivity index (χ2v) is 12.7. The van der Waals surface area contributed by atoms with Crippen LogP contribution in [0.2, 0.25) is 24.2 Å². The van der Waals surface area contributed by atoms with Crippen molar-refractivity contribution < 1.29 is 9.84 Å². The normalized spacial score (nSPS) is 14.6. The first kappa shape index (κ1) is 17.0. The fourth-order valence-electron chi connectivity index (χ4n) is 1.73. The van der Waals surface area contributed by atoms with E-state index in [4.69, 9.17) is 4.74 Å². The van der Waals surface area contributed by atoms with Gasteiger partial charge in [0.15, 0.2) is 0 Å². The molecule has 0 bridgehead atoms. The molecule has 0 amide bonds.